The minimum Gasteiger partial charge on any atom is -0.461 e. The highest BCUT2D eigenvalue weighted by Gasteiger charge is 2.67. The number of ketones is 1. The lowest BCUT2D eigenvalue weighted by atomic mass is 9.55. The Bertz CT molecular complexity index is 362. The van der Waals surface area contributed by atoms with E-state index < -0.39 is 11.3 Å². The van der Waals surface area contributed by atoms with Crippen molar-refractivity contribution < 1.29 is 14.3 Å². The number of rotatable bonds is 0. The SMILES string of the molecule is C[C@@]12CC[C@H]3C(=O)O[C@@H](CC1)[C@]2(C)C3=O. The standard InChI is InChI=1S/C12H16O3/c1-11-5-3-7-9(13)12(11,2)8(4-6-11)15-10(7)14/h7-8H,3-6H2,1-2H3/t7-,8+,11-,12-/m1/s1. The average Bonchev–Trinajstić information content (AvgIpc) is 2.47. The summed E-state index contributed by atoms with van der Waals surface area (Å²) in [6, 6.07) is 0. The molecule has 1 aliphatic heterocycles. The van der Waals surface area contributed by atoms with Crippen molar-refractivity contribution in [2.45, 2.75) is 45.6 Å². The lowest BCUT2D eigenvalue weighted by molar-refractivity contribution is -0.189. The second-order valence-electron chi connectivity index (χ2n) is 5.68. The molecule has 3 aliphatic rings. The Hall–Kier alpha value is -0.860. The summed E-state index contributed by atoms with van der Waals surface area (Å²) in [5.41, 5.74) is -0.338. The Kier molecular flexibility index (Phi) is 1.53. The normalized spacial score (nSPS) is 52.9. The Balaban J connectivity index is 2.15. The van der Waals surface area contributed by atoms with Crippen LogP contribution in [0.25, 0.3) is 0 Å². The molecule has 0 N–H and O–H groups in total. The van der Waals surface area contributed by atoms with Gasteiger partial charge in [-0.05, 0) is 38.0 Å². The van der Waals surface area contributed by atoms with E-state index in [0.29, 0.717) is 6.42 Å². The molecule has 2 aliphatic carbocycles. The van der Waals surface area contributed by atoms with Crippen molar-refractivity contribution in [3.63, 3.8) is 0 Å². The third-order valence-electron chi connectivity index (χ3n) is 5.21. The molecule has 15 heavy (non-hydrogen) atoms. The van der Waals surface area contributed by atoms with Crippen LogP contribution in [0.5, 0.6) is 0 Å². The topological polar surface area (TPSA) is 43.4 Å². The summed E-state index contributed by atoms with van der Waals surface area (Å²) >= 11 is 0. The number of carbonyl (C=O) groups excluding carboxylic acids is 2. The van der Waals surface area contributed by atoms with Gasteiger partial charge in [0, 0.05) is 0 Å². The van der Waals surface area contributed by atoms with Crippen LogP contribution in [0.3, 0.4) is 0 Å². The van der Waals surface area contributed by atoms with Gasteiger partial charge in [0.05, 0.1) is 5.41 Å². The van der Waals surface area contributed by atoms with E-state index in [-0.39, 0.29) is 23.3 Å². The van der Waals surface area contributed by atoms with Crippen LogP contribution in [0.2, 0.25) is 0 Å². The van der Waals surface area contributed by atoms with Crippen molar-refractivity contribution in [3.8, 4) is 0 Å². The molecule has 3 fully saturated rings. The number of hydrogen-bond donors (Lipinski definition) is 0. The maximum absolute atomic E-state index is 12.3. The van der Waals surface area contributed by atoms with Gasteiger partial charge in [-0.25, -0.2) is 0 Å². The van der Waals surface area contributed by atoms with Crippen molar-refractivity contribution in [1.82, 2.24) is 0 Å². The predicted molar refractivity (Wildman–Crippen MR) is 53.1 cm³/mol. The zero-order valence-corrected chi connectivity index (χ0v) is 9.21. The second-order valence-corrected chi connectivity index (χ2v) is 5.68. The molecule has 3 nitrogen and oxygen atoms in total. The van der Waals surface area contributed by atoms with Crippen LogP contribution in [0.15, 0.2) is 0 Å². The third-order valence-corrected chi connectivity index (χ3v) is 5.21. The Morgan fingerprint density at radius 3 is 2.60 bits per heavy atom. The first-order chi connectivity index (χ1) is 6.99. The Morgan fingerprint density at radius 2 is 1.87 bits per heavy atom. The molecule has 0 unspecified atom stereocenters. The molecule has 0 spiro atoms. The van der Waals surface area contributed by atoms with E-state index >= 15 is 0 Å². The van der Waals surface area contributed by atoms with Crippen LogP contribution in [0.1, 0.15) is 39.5 Å². The smallest absolute Gasteiger partial charge is 0.316 e. The van der Waals surface area contributed by atoms with Crippen molar-refractivity contribution in [2.75, 3.05) is 0 Å². The van der Waals surface area contributed by atoms with E-state index in [4.69, 9.17) is 4.74 Å². The molecule has 0 aromatic heterocycles. The molecule has 4 atom stereocenters. The Labute approximate surface area is 89.2 Å². The van der Waals surface area contributed by atoms with E-state index in [1.165, 1.54) is 0 Å². The molecule has 2 saturated carbocycles. The van der Waals surface area contributed by atoms with Gasteiger partial charge >= 0.3 is 5.97 Å². The molecular formula is C12H16O3. The van der Waals surface area contributed by atoms with Gasteiger partial charge in [-0.1, -0.05) is 6.92 Å². The molecule has 0 amide bonds. The molecule has 0 aromatic rings. The molecular weight excluding hydrogens is 192 g/mol. The first-order valence-corrected chi connectivity index (χ1v) is 5.74. The first kappa shape index (κ1) is 9.37. The summed E-state index contributed by atoms with van der Waals surface area (Å²) in [4.78, 5) is 23.9. The lowest BCUT2D eigenvalue weighted by Crippen LogP contribution is -2.59. The zero-order chi connectivity index (χ0) is 10.8. The molecule has 1 heterocycles. The van der Waals surface area contributed by atoms with Gasteiger partial charge in [-0.3, -0.25) is 9.59 Å². The summed E-state index contributed by atoms with van der Waals surface area (Å²) in [6.45, 7) is 4.19. The monoisotopic (exact) mass is 208 g/mol. The number of carbonyl (C=O) groups is 2. The van der Waals surface area contributed by atoms with Gasteiger partial charge in [0.2, 0.25) is 0 Å². The van der Waals surface area contributed by atoms with E-state index in [9.17, 15) is 9.59 Å². The van der Waals surface area contributed by atoms with Gasteiger partial charge < -0.3 is 4.74 Å². The van der Waals surface area contributed by atoms with Crippen molar-refractivity contribution in [2.24, 2.45) is 16.7 Å². The van der Waals surface area contributed by atoms with E-state index in [2.05, 4.69) is 6.92 Å². The van der Waals surface area contributed by atoms with Crippen LogP contribution >= 0.6 is 0 Å². The highest BCUT2D eigenvalue weighted by molar-refractivity contribution is 6.05. The maximum atomic E-state index is 12.3. The van der Waals surface area contributed by atoms with Gasteiger partial charge in [0.25, 0.3) is 0 Å². The predicted octanol–water partition coefficient (Wildman–Crippen LogP) is 1.70. The molecule has 3 rings (SSSR count). The molecule has 2 bridgehead atoms. The summed E-state index contributed by atoms with van der Waals surface area (Å²) in [5.74, 6) is -0.584. The van der Waals surface area contributed by atoms with Crippen LogP contribution in [0, 0.1) is 16.7 Å². The molecule has 3 heteroatoms. The molecule has 0 radical (unpaired) electrons. The number of esters is 1. The van der Waals surface area contributed by atoms with Gasteiger partial charge in [0.1, 0.15) is 12.0 Å². The molecule has 0 aromatic carbocycles. The van der Waals surface area contributed by atoms with Gasteiger partial charge in [0.15, 0.2) is 5.78 Å². The largest absolute Gasteiger partial charge is 0.461 e. The number of Topliss-reactive ketones (excluding diaryl/α,β-unsaturated/α-hetero) is 1. The fourth-order valence-electron chi connectivity index (χ4n) is 3.81. The Morgan fingerprint density at radius 1 is 1.20 bits per heavy atom. The van der Waals surface area contributed by atoms with E-state index in [1.54, 1.807) is 0 Å². The number of hydrogen-bond acceptors (Lipinski definition) is 3. The van der Waals surface area contributed by atoms with Crippen molar-refractivity contribution in [1.29, 1.82) is 0 Å². The lowest BCUT2D eigenvalue weighted by Gasteiger charge is -2.50. The minimum atomic E-state index is -0.461. The third kappa shape index (κ3) is 0.837. The quantitative estimate of drug-likeness (QED) is 0.449. The highest BCUT2D eigenvalue weighted by Crippen LogP contribution is 2.62. The van der Waals surface area contributed by atoms with Gasteiger partial charge in [-0.2, -0.15) is 0 Å². The van der Waals surface area contributed by atoms with E-state index in [0.717, 1.165) is 19.3 Å². The fourth-order valence-corrected chi connectivity index (χ4v) is 3.81. The number of fused-ring (bicyclic) bond motifs is 1. The van der Waals surface area contributed by atoms with Crippen molar-refractivity contribution >= 4 is 11.8 Å². The molecule has 82 valence electrons. The molecule has 1 saturated heterocycles. The van der Waals surface area contributed by atoms with Crippen molar-refractivity contribution in [3.05, 3.63) is 0 Å². The first-order valence-electron chi connectivity index (χ1n) is 5.74. The van der Waals surface area contributed by atoms with E-state index in [1.807, 2.05) is 6.92 Å². The number of ether oxygens (including phenoxy) is 1. The average molecular weight is 208 g/mol. The fraction of sp³-hybridized carbons (Fsp3) is 0.833. The summed E-state index contributed by atoms with van der Waals surface area (Å²) in [7, 11) is 0. The van der Waals surface area contributed by atoms with Crippen LogP contribution in [-0.4, -0.2) is 17.9 Å². The highest BCUT2D eigenvalue weighted by atomic mass is 16.5. The van der Waals surface area contributed by atoms with Gasteiger partial charge in [-0.15, -0.1) is 0 Å². The second kappa shape index (κ2) is 2.45. The minimum absolute atomic E-state index is 0.0615. The summed E-state index contributed by atoms with van der Waals surface area (Å²) in [5, 5.41) is 0. The zero-order valence-electron chi connectivity index (χ0n) is 9.21. The maximum Gasteiger partial charge on any atom is 0.316 e. The summed E-state index contributed by atoms with van der Waals surface area (Å²) in [6.07, 6.45) is 3.40. The van der Waals surface area contributed by atoms with Crippen LogP contribution in [-0.2, 0) is 14.3 Å². The van der Waals surface area contributed by atoms with Crippen LogP contribution < -0.4 is 0 Å². The van der Waals surface area contributed by atoms with Crippen LogP contribution in [0.4, 0.5) is 0 Å². The summed E-state index contributed by atoms with van der Waals surface area (Å²) < 4.78 is 5.42.